The van der Waals surface area contributed by atoms with Crippen LogP contribution in [0.2, 0.25) is 0 Å². The van der Waals surface area contributed by atoms with Gasteiger partial charge in [0.15, 0.2) is 0 Å². The van der Waals surface area contributed by atoms with Crippen LogP contribution in [0.4, 0.5) is 11.4 Å². The van der Waals surface area contributed by atoms with Crippen LogP contribution in [-0.2, 0) is 10.8 Å². The van der Waals surface area contributed by atoms with E-state index in [1.165, 1.54) is 12.1 Å². The van der Waals surface area contributed by atoms with Crippen molar-refractivity contribution in [2.45, 2.75) is 19.4 Å². The number of carboxylic acid groups (broad SMARTS) is 1. The third kappa shape index (κ3) is 4.37. The Morgan fingerprint density at radius 1 is 1.56 bits per heavy atom. The molecule has 18 heavy (non-hydrogen) atoms. The SMILES string of the molecule is CC(CCS(C)=O)Nc1ccc(C(=O)O)cc1N. The highest BCUT2D eigenvalue weighted by Crippen LogP contribution is 2.21. The van der Waals surface area contributed by atoms with Gasteiger partial charge >= 0.3 is 5.97 Å². The van der Waals surface area contributed by atoms with Gasteiger partial charge in [-0.1, -0.05) is 0 Å². The summed E-state index contributed by atoms with van der Waals surface area (Å²) < 4.78 is 11.0. The van der Waals surface area contributed by atoms with Gasteiger partial charge in [0, 0.05) is 28.9 Å². The Morgan fingerprint density at radius 2 is 2.22 bits per heavy atom. The minimum atomic E-state index is -0.998. The summed E-state index contributed by atoms with van der Waals surface area (Å²) in [5.74, 6) is -0.371. The lowest BCUT2D eigenvalue weighted by Gasteiger charge is -2.16. The van der Waals surface area contributed by atoms with Crippen molar-refractivity contribution in [2.75, 3.05) is 23.1 Å². The second kappa shape index (κ2) is 6.39. The first kappa shape index (κ1) is 14.5. The maximum atomic E-state index is 11.0. The fourth-order valence-corrected chi connectivity index (χ4v) is 2.19. The van der Waals surface area contributed by atoms with E-state index >= 15 is 0 Å². The molecule has 2 unspecified atom stereocenters. The van der Waals surface area contributed by atoms with E-state index in [0.717, 1.165) is 6.42 Å². The Hall–Kier alpha value is -1.56. The van der Waals surface area contributed by atoms with Crippen LogP contribution < -0.4 is 11.1 Å². The molecule has 0 saturated heterocycles. The van der Waals surface area contributed by atoms with E-state index in [9.17, 15) is 9.00 Å². The lowest BCUT2D eigenvalue weighted by Crippen LogP contribution is -2.18. The van der Waals surface area contributed by atoms with Crippen molar-refractivity contribution in [3.8, 4) is 0 Å². The number of nitrogens with two attached hydrogens (primary N) is 1. The molecule has 0 aromatic heterocycles. The normalized spacial score (nSPS) is 13.9. The first-order valence-corrected chi connectivity index (χ1v) is 7.32. The molecule has 5 nitrogen and oxygen atoms in total. The molecule has 2 atom stereocenters. The summed E-state index contributed by atoms with van der Waals surface area (Å²) in [4.78, 5) is 10.8. The Bertz CT molecular complexity index is 463. The topological polar surface area (TPSA) is 92.4 Å². The minimum Gasteiger partial charge on any atom is -0.478 e. The molecule has 100 valence electrons. The third-order valence-corrected chi connectivity index (χ3v) is 3.35. The molecule has 0 spiro atoms. The summed E-state index contributed by atoms with van der Waals surface area (Å²) in [6, 6.07) is 4.71. The average Bonchev–Trinajstić information content (AvgIpc) is 2.29. The second-order valence-electron chi connectivity index (χ2n) is 4.22. The molecule has 1 rings (SSSR count). The number of anilines is 2. The van der Waals surface area contributed by atoms with Crippen LogP contribution in [0.15, 0.2) is 18.2 Å². The van der Waals surface area contributed by atoms with Crippen molar-refractivity contribution in [1.29, 1.82) is 0 Å². The van der Waals surface area contributed by atoms with E-state index in [-0.39, 0.29) is 11.6 Å². The van der Waals surface area contributed by atoms with E-state index in [2.05, 4.69) is 5.32 Å². The van der Waals surface area contributed by atoms with Gasteiger partial charge in [-0.2, -0.15) is 0 Å². The Kier molecular flexibility index (Phi) is 5.15. The van der Waals surface area contributed by atoms with Gasteiger partial charge < -0.3 is 16.2 Å². The van der Waals surface area contributed by atoms with E-state index in [1.807, 2.05) is 6.92 Å². The van der Waals surface area contributed by atoms with E-state index in [1.54, 1.807) is 12.3 Å². The van der Waals surface area contributed by atoms with E-state index in [0.29, 0.717) is 17.1 Å². The fourth-order valence-electron chi connectivity index (χ4n) is 1.51. The summed E-state index contributed by atoms with van der Waals surface area (Å²) in [6.07, 6.45) is 2.44. The lowest BCUT2D eigenvalue weighted by atomic mass is 10.1. The number of nitrogen functional groups attached to an aromatic ring is 1. The molecule has 4 N–H and O–H groups in total. The van der Waals surface area contributed by atoms with Crippen LogP contribution >= 0.6 is 0 Å². The molecule has 6 heteroatoms. The van der Waals surface area contributed by atoms with Gasteiger partial charge in [0.05, 0.1) is 16.9 Å². The van der Waals surface area contributed by atoms with Crippen molar-refractivity contribution in [3.05, 3.63) is 23.8 Å². The number of hydrogen-bond donors (Lipinski definition) is 3. The van der Waals surface area contributed by atoms with Gasteiger partial charge in [-0.3, -0.25) is 4.21 Å². The summed E-state index contributed by atoms with van der Waals surface area (Å²) in [7, 11) is -0.808. The van der Waals surface area contributed by atoms with Crippen LogP contribution in [0.5, 0.6) is 0 Å². The first-order valence-electron chi connectivity index (χ1n) is 5.59. The number of carbonyl (C=O) groups is 1. The van der Waals surface area contributed by atoms with Crippen LogP contribution in [0.3, 0.4) is 0 Å². The van der Waals surface area contributed by atoms with Gasteiger partial charge in [-0.25, -0.2) is 4.79 Å². The van der Waals surface area contributed by atoms with Gasteiger partial charge in [0.25, 0.3) is 0 Å². The highest BCUT2D eigenvalue weighted by Gasteiger charge is 2.09. The quantitative estimate of drug-likeness (QED) is 0.682. The number of carboxylic acids is 1. The van der Waals surface area contributed by atoms with E-state index < -0.39 is 16.8 Å². The predicted molar refractivity (Wildman–Crippen MR) is 74.4 cm³/mol. The van der Waals surface area contributed by atoms with Crippen molar-refractivity contribution < 1.29 is 14.1 Å². The first-order chi connectivity index (χ1) is 8.40. The van der Waals surface area contributed by atoms with Gasteiger partial charge in [-0.15, -0.1) is 0 Å². The monoisotopic (exact) mass is 270 g/mol. The van der Waals surface area contributed by atoms with Crippen LogP contribution in [0, 0.1) is 0 Å². The largest absolute Gasteiger partial charge is 0.478 e. The minimum absolute atomic E-state index is 0.131. The summed E-state index contributed by atoms with van der Waals surface area (Å²) in [5, 5.41) is 12.0. The van der Waals surface area contributed by atoms with Crippen molar-refractivity contribution in [1.82, 2.24) is 0 Å². The Labute approximate surface area is 109 Å². The van der Waals surface area contributed by atoms with Gasteiger partial charge in [0.1, 0.15) is 0 Å². The molecule has 0 saturated carbocycles. The van der Waals surface area contributed by atoms with Crippen LogP contribution in [0.25, 0.3) is 0 Å². The zero-order valence-electron chi connectivity index (χ0n) is 10.5. The standard InChI is InChI=1S/C12H18N2O3S/c1-8(5-6-18(2)17)14-11-4-3-9(12(15)16)7-10(11)13/h3-4,7-8,14H,5-6,13H2,1-2H3,(H,15,16). The molecule has 0 aliphatic carbocycles. The fraction of sp³-hybridized carbons (Fsp3) is 0.417. The number of hydrogen-bond acceptors (Lipinski definition) is 4. The summed E-state index contributed by atoms with van der Waals surface area (Å²) in [6.45, 7) is 1.97. The molecule has 0 aliphatic heterocycles. The van der Waals surface area contributed by atoms with Gasteiger partial charge in [0.2, 0.25) is 0 Å². The zero-order valence-corrected chi connectivity index (χ0v) is 11.3. The third-order valence-electron chi connectivity index (χ3n) is 2.54. The van der Waals surface area contributed by atoms with E-state index in [4.69, 9.17) is 10.8 Å². The molecule has 0 aliphatic rings. The number of nitrogens with one attached hydrogen (secondary N) is 1. The Balaban J connectivity index is 2.67. The highest BCUT2D eigenvalue weighted by atomic mass is 32.2. The molecule has 1 aromatic rings. The average molecular weight is 270 g/mol. The molecule has 0 radical (unpaired) electrons. The van der Waals surface area contributed by atoms with Crippen molar-refractivity contribution in [2.24, 2.45) is 0 Å². The van der Waals surface area contributed by atoms with Crippen LogP contribution in [-0.4, -0.2) is 33.3 Å². The molecular weight excluding hydrogens is 252 g/mol. The smallest absolute Gasteiger partial charge is 0.335 e. The number of rotatable bonds is 6. The molecular formula is C12H18N2O3S. The highest BCUT2D eigenvalue weighted by molar-refractivity contribution is 7.84. The molecule has 0 amide bonds. The molecule has 0 fully saturated rings. The second-order valence-corrected chi connectivity index (χ2v) is 5.77. The van der Waals surface area contributed by atoms with Gasteiger partial charge in [-0.05, 0) is 31.5 Å². The Morgan fingerprint density at radius 3 is 2.72 bits per heavy atom. The summed E-state index contributed by atoms with van der Waals surface area (Å²) >= 11 is 0. The lowest BCUT2D eigenvalue weighted by molar-refractivity contribution is 0.0697. The molecule has 0 heterocycles. The maximum Gasteiger partial charge on any atom is 0.335 e. The van der Waals surface area contributed by atoms with Crippen molar-refractivity contribution >= 4 is 28.1 Å². The zero-order chi connectivity index (χ0) is 13.7. The van der Waals surface area contributed by atoms with Crippen LogP contribution in [0.1, 0.15) is 23.7 Å². The molecule has 1 aromatic carbocycles. The number of aromatic carboxylic acids is 1. The number of benzene rings is 1. The van der Waals surface area contributed by atoms with Crippen molar-refractivity contribution in [3.63, 3.8) is 0 Å². The predicted octanol–water partition coefficient (Wildman–Crippen LogP) is 1.54. The molecule has 0 bridgehead atoms. The summed E-state index contributed by atoms with van der Waals surface area (Å²) in [5.41, 5.74) is 7.05. The maximum absolute atomic E-state index is 11.0.